The molecule has 3 atom stereocenters. The van der Waals surface area contributed by atoms with Gasteiger partial charge in [-0.05, 0) is 32.1 Å². The lowest BCUT2D eigenvalue weighted by Gasteiger charge is -2.22. The molecule has 0 radical (unpaired) electrons. The second kappa shape index (κ2) is 29.5. The summed E-state index contributed by atoms with van der Waals surface area (Å²) in [6.07, 6.45) is 32.5. The molecular weight excluding hydrogens is 562 g/mol. The van der Waals surface area contributed by atoms with Crippen LogP contribution in [0.25, 0.3) is 0 Å². The largest absolute Gasteiger partial charge is 0.387 e. The molecule has 254 valence electrons. The third-order valence-corrected chi connectivity index (χ3v) is 8.77. The first-order valence-electron chi connectivity index (χ1n) is 17.6. The van der Waals surface area contributed by atoms with E-state index in [1.54, 1.807) is 6.08 Å². The monoisotopic (exact) mass is 629 g/mol. The lowest BCUT2D eigenvalue weighted by Crippen LogP contribution is -2.50. The van der Waals surface area contributed by atoms with E-state index in [4.69, 9.17) is 0 Å². The van der Waals surface area contributed by atoms with Gasteiger partial charge in [-0.15, -0.1) is 0 Å². The Morgan fingerprint density at radius 1 is 0.628 bits per heavy atom. The standard InChI is InChI=1S/C35H67NO6S/c1-3-5-7-9-11-13-14-15-16-17-18-19-20-22-23-25-27-29-33(37)32(31-43(40,41)42)36-35(39)34(38)30-28-26-24-21-12-10-8-6-4-2/h20,22,27,29,32-34,37-38H,3-19,21,23-26,28,30-31H2,1-2H3,(H,36,39)(H,40,41,42)/b22-20+,29-27+. The number of hydrogen-bond donors (Lipinski definition) is 4. The molecule has 0 saturated heterocycles. The van der Waals surface area contributed by atoms with Gasteiger partial charge in [0.05, 0.1) is 17.9 Å². The summed E-state index contributed by atoms with van der Waals surface area (Å²) >= 11 is 0. The molecule has 4 N–H and O–H groups in total. The maximum Gasteiger partial charge on any atom is 0.267 e. The summed E-state index contributed by atoms with van der Waals surface area (Å²) in [7, 11) is -4.44. The second-order valence-corrected chi connectivity index (χ2v) is 13.8. The minimum absolute atomic E-state index is 0.276. The average molecular weight is 630 g/mol. The van der Waals surface area contributed by atoms with E-state index in [0.717, 1.165) is 32.1 Å². The van der Waals surface area contributed by atoms with Crippen molar-refractivity contribution < 1.29 is 28.0 Å². The lowest BCUT2D eigenvalue weighted by atomic mass is 10.0. The Balaban J connectivity index is 4.17. The van der Waals surface area contributed by atoms with E-state index in [0.29, 0.717) is 12.8 Å². The van der Waals surface area contributed by atoms with E-state index in [1.807, 2.05) is 0 Å². The van der Waals surface area contributed by atoms with Crippen molar-refractivity contribution in [2.75, 3.05) is 5.75 Å². The molecule has 0 rings (SSSR count). The highest BCUT2D eigenvalue weighted by molar-refractivity contribution is 7.85. The Morgan fingerprint density at radius 2 is 1.05 bits per heavy atom. The number of allylic oxidation sites excluding steroid dienone is 3. The first-order chi connectivity index (χ1) is 20.7. The summed E-state index contributed by atoms with van der Waals surface area (Å²) in [6.45, 7) is 4.45. The molecule has 0 aromatic rings. The highest BCUT2D eigenvalue weighted by atomic mass is 32.2. The van der Waals surface area contributed by atoms with Gasteiger partial charge in [-0.1, -0.05) is 160 Å². The maximum atomic E-state index is 12.5. The van der Waals surface area contributed by atoms with Crippen LogP contribution in [0, 0.1) is 0 Å². The van der Waals surface area contributed by atoms with E-state index >= 15 is 0 Å². The van der Waals surface area contributed by atoms with Crippen LogP contribution in [-0.2, 0) is 14.9 Å². The number of unbranched alkanes of at least 4 members (excludes halogenated alkanes) is 20. The lowest BCUT2D eigenvalue weighted by molar-refractivity contribution is -0.130. The zero-order valence-electron chi connectivity index (χ0n) is 27.7. The van der Waals surface area contributed by atoms with Crippen LogP contribution in [0.4, 0.5) is 0 Å². The van der Waals surface area contributed by atoms with E-state index in [9.17, 15) is 28.0 Å². The highest BCUT2D eigenvalue weighted by Gasteiger charge is 2.27. The van der Waals surface area contributed by atoms with Crippen LogP contribution < -0.4 is 5.32 Å². The summed E-state index contributed by atoms with van der Waals surface area (Å²) < 4.78 is 32.3. The zero-order chi connectivity index (χ0) is 32.0. The van der Waals surface area contributed by atoms with Crippen LogP contribution in [0.1, 0.15) is 168 Å². The van der Waals surface area contributed by atoms with Crippen molar-refractivity contribution in [2.45, 2.75) is 186 Å². The van der Waals surface area contributed by atoms with Crippen molar-refractivity contribution in [2.24, 2.45) is 0 Å². The molecule has 0 aliphatic carbocycles. The molecule has 0 aromatic heterocycles. The number of amides is 1. The minimum atomic E-state index is -4.44. The van der Waals surface area contributed by atoms with Gasteiger partial charge < -0.3 is 15.5 Å². The van der Waals surface area contributed by atoms with Gasteiger partial charge in [0.1, 0.15) is 6.10 Å². The smallest absolute Gasteiger partial charge is 0.267 e. The molecule has 1 amide bonds. The SMILES string of the molecule is CCCCCCCCCCCCC/C=C/CC/C=C/C(O)C(CS(=O)(=O)O)NC(=O)C(O)CCCCCCCCCCC. The Hall–Kier alpha value is -1.22. The molecule has 0 aliphatic rings. The van der Waals surface area contributed by atoms with Gasteiger partial charge in [0.15, 0.2) is 0 Å². The number of aliphatic hydroxyl groups is 2. The molecule has 8 heteroatoms. The van der Waals surface area contributed by atoms with E-state index in [-0.39, 0.29) is 6.42 Å². The van der Waals surface area contributed by atoms with Crippen LogP contribution in [-0.4, -0.2) is 53.1 Å². The normalized spacial score (nSPS) is 14.4. The van der Waals surface area contributed by atoms with Gasteiger partial charge in [0.2, 0.25) is 5.91 Å². The highest BCUT2D eigenvalue weighted by Crippen LogP contribution is 2.13. The number of carbonyl (C=O) groups excluding carboxylic acids is 1. The van der Waals surface area contributed by atoms with Crippen LogP contribution in [0.15, 0.2) is 24.3 Å². The van der Waals surface area contributed by atoms with Crippen LogP contribution >= 0.6 is 0 Å². The van der Waals surface area contributed by atoms with E-state index in [1.165, 1.54) is 109 Å². The summed E-state index contributed by atoms with van der Waals surface area (Å²) in [6, 6.07) is -1.24. The fourth-order valence-corrected chi connectivity index (χ4v) is 5.97. The molecule has 0 saturated carbocycles. The van der Waals surface area contributed by atoms with Gasteiger partial charge in [0, 0.05) is 0 Å². The van der Waals surface area contributed by atoms with Gasteiger partial charge in [-0.3, -0.25) is 9.35 Å². The van der Waals surface area contributed by atoms with Crippen LogP contribution in [0.2, 0.25) is 0 Å². The molecule has 0 heterocycles. The van der Waals surface area contributed by atoms with Crippen molar-refractivity contribution in [3.05, 3.63) is 24.3 Å². The van der Waals surface area contributed by atoms with E-state index in [2.05, 4.69) is 31.3 Å². The van der Waals surface area contributed by atoms with Crippen LogP contribution in [0.5, 0.6) is 0 Å². The fourth-order valence-electron chi connectivity index (χ4n) is 5.24. The molecule has 0 fully saturated rings. The average Bonchev–Trinajstić information content (AvgIpc) is 2.96. The van der Waals surface area contributed by atoms with Gasteiger partial charge in [-0.2, -0.15) is 8.42 Å². The van der Waals surface area contributed by atoms with Gasteiger partial charge in [-0.25, -0.2) is 0 Å². The quantitative estimate of drug-likeness (QED) is 0.0346. The van der Waals surface area contributed by atoms with Crippen molar-refractivity contribution in [3.63, 3.8) is 0 Å². The van der Waals surface area contributed by atoms with Gasteiger partial charge >= 0.3 is 0 Å². The van der Waals surface area contributed by atoms with Crippen LogP contribution in [0.3, 0.4) is 0 Å². The van der Waals surface area contributed by atoms with E-state index < -0.39 is 40.0 Å². The molecule has 3 unspecified atom stereocenters. The predicted molar refractivity (Wildman–Crippen MR) is 181 cm³/mol. The zero-order valence-corrected chi connectivity index (χ0v) is 28.5. The minimum Gasteiger partial charge on any atom is -0.387 e. The number of aliphatic hydroxyl groups excluding tert-OH is 2. The summed E-state index contributed by atoms with van der Waals surface area (Å²) in [4.78, 5) is 12.5. The summed E-state index contributed by atoms with van der Waals surface area (Å²) in [5, 5.41) is 23.2. The second-order valence-electron chi connectivity index (χ2n) is 12.3. The first-order valence-corrected chi connectivity index (χ1v) is 19.3. The maximum absolute atomic E-state index is 12.5. The molecule has 43 heavy (non-hydrogen) atoms. The molecule has 0 aliphatic heterocycles. The first kappa shape index (κ1) is 41.8. The number of nitrogens with one attached hydrogen (secondary N) is 1. The molecule has 0 aromatic carbocycles. The van der Waals surface area contributed by atoms with Gasteiger partial charge in [0.25, 0.3) is 10.1 Å². The summed E-state index contributed by atoms with van der Waals surface area (Å²) in [5.74, 6) is -1.56. The third-order valence-electron chi connectivity index (χ3n) is 7.99. The van der Waals surface area contributed by atoms with Crippen molar-refractivity contribution in [1.29, 1.82) is 0 Å². The number of hydrogen-bond acceptors (Lipinski definition) is 5. The topological polar surface area (TPSA) is 124 Å². The number of carbonyl (C=O) groups is 1. The Bertz CT molecular complexity index is 798. The fraction of sp³-hybridized carbons (Fsp3) is 0.857. The molecule has 7 nitrogen and oxygen atoms in total. The predicted octanol–water partition coefficient (Wildman–Crippen LogP) is 8.60. The molecule has 0 spiro atoms. The summed E-state index contributed by atoms with van der Waals surface area (Å²) in [5.41, 5.74) is 0. The third kappa shape index (κ3) is 29.3. The number of rotatable bonds is 31. The Labute approximate surface area is 265 Å². The van der Waals surface area contributed by atoms with Crippen molar-refractivity contribution in [1.82, 2.24) is 5.32 Å². The Morgan fingerprint density at radius 3 is 1.53 bits per heavy atom. The molecular formula is C35H67NO6S. The van der Waals surface area contributed by atoms with Crippen molar-refractivity contribution >= 4 is 16.0 Å². The Kier molecular flexibility index (Phi) is 28.7. The van der Waals surface area contributed by atoms with Crippen molar-refractivity contribution in [3.8, 4) is 0 Å². The molecule has 0 bridgehead atoms.